The summed E-state index contributed by atoms with van der Waals surface area (Å²) in [6, 6.07) is 1.94. The van der Waals surface area contributed by atoms with Crippen LogP contribution in [0.1, 0.15) is 32.1 Å². The molecule has 4 heterocycles. The van der Waals surface area contributed by atoms with E-state index >= 15 is 0 Å². The second kappa shape index (κ2) is 5.25. The van der Waals surface area contributed by atoms with Crippen LogP contribution in [0.15, 0.2) is 23.2 Å². The molecule has 2 aromatic rings. The van der Waals surface area contributed by atoms with E-state index in [0.717, 1.165) is 28.2 Å². The van der Waals surface area contributed by atoms with Crippen LogP contribution in [0.3, 0.4) is 0 Å². The van der Waals surface area contributed by atoms with Gasteiger partial charge in [-0.05, 0) is 48.7 Å². The van der Waals surface area contributed by atoms with Crippen molar-refractivity contribution in [2.24, 2.45) is 0 Å². The minimum atomic E-state index is 0.499. The molecule has 2 aliphatic rings. The molecule has 2 fully saturated rings. The Labute approximate surface area is 132 Å². The summed E-state index contributed by atoms with van der Waals surface area (Å²) >= 11 is 3.48. The number of fused-ring (bicyclic) bond motifs is 3. The first-order valence-electron chi connectivity index (χ1n) is 7.68. The van der Waals surface area contributed by atoms with Crippen molar-refractivity contribution in [1.82, 2.24) is 19.3 Å². The van der Waals surface area contributed by atoms with Crippen LogP contribution in [0, 0.1) is 0 Å². The van der Waals surface area contributed by atoms with Crippen molar-refractivity contribution in [3.63, 3.8) is 0 Å². The fraction of sp³-hybridized carbons (Fsp3) is 0.600. The maximum atomic E-state index is 4.59. The summed E-state index contributed by atoms with van der Waals surface area (Å²) in [4.78, 5) is 11.6. The molecule has 0 saturated carbocycles. The van der Waals surface area contributed by atoms with E-state index in [9.17, 15) is 0 Å². The van der Waals surface area contributed by atoms with Gasteiger partial charge in [-0.25, -0.2) is 9.97 Å². The predicted molar refractivity (Wildman–Crippen MR) is 86.5 cm³/mol. The fourth-order valence-electron chi connectivity index (χ4n) is 3.92. The molecule has 2 unspecified atom stereocenters. The highest BCUT2D eigenvalue weighted by Crippen LogP contribution is 2.34. The van der Waals surface area contributed by atoms with Crippen molar-refractivity contribution in [3.05, 3.63) is 23.2 Å². The first-order valence-corrected chi connectivity index (χ1v) is 8.47. The SMILES string of the molecule is CN1C2CCCC1CC(Nc1nc(Br)cn3ccnc13)C2. The highest BCUT2D eigenvalue weighted by Gasteiger charge is 2.36. The number of hydrogen-bond donors (Lipinski definition) is 1. The lowest BCUT2D eigenvalue weighted by molar-refractivity contribution is 0.0608. The maximum Gasteiger partial charge on any atom is 0.180 e. The van der Waals surface area contributed by atoms with Crippen LogP contribution in [0.25, 0.3) is 5.65 Å². The summed E-state index contributed by atoms with van der Waals surface area (Å²) in [6.45, 7) is 0. The van der Waals surface area contributed by atoms with E-state index in [4.69, 9.17) is 0 Å². The molecule has 6 heteroatoms. The van der Waals surface area contributed by atoms with E-state index in [0.29, 0.717) is 6.04 Å². The summed E-state index contributed by atoms with van der Waals surface area (Å²) < 4.78 is 2.85. The van der Waals surface area contributed by atoms with Crippen molar-refractivity contribution in [2.75, 3.05) is 12.4 Å². The van der Waals surface area contributed by atoms with Crippen molar-refractivity contribution in [1.29, 1.82) is 0 Å². The van der Waals surface area contributed by atoms with Gasteiger partial charge in [-0.1, -0.05) is 6.42 Å². The Balaban J connectivity index is 1.59. The van der Waals surface area contributed by atoms with Crippen molar-refractivity contribution in [3.8, 4) is 0 Å². The number of nitrogens with zero attached hydrogens (tertiary/aromatic N) is 4. The molecule has 4 rings (SSSR count). The zero-order valence-corrected chi connectivity index (χ0v) is 13.8. The molecule has 0 amide bonds. The summed E-state index contributed by atoms with van der Waals surface area (Å²) in [5.74, 6) is 0.891. The Kier molecular flexibility index (Phi) is 3.38. The van der Waals surface area contributed by atoms with Crippen molar-refractivity contribution in [2.45, 2.75) is 50.2 Å². The van der Waals surface area contributed by atoms with E-state index < -0.39 is 0 Å². The number of hydrogen-bond acceptors (Lipinski definition) is 4. The highest BCUT2D eigenvalue weighted by atomic mass is 79.9. The van der Waals surface area contributed by atoms with E-state index in [1.807, 2.05) is 23.0 Å². The molecule has 21 heavy (non-hydrogen) atoms. The lowest BCUT2D eigenvalue weighted by atomic mass is 9.82. The van der Waals surface area contributed by atoms with Gasteiger partial charge in [0.1, 0.15) is 4.60 Å². The van der Waals surface area contributed by atoms with Gasteiger partial charge in [-0.2, -0.15) is 0 Å². The average molecular weight is 350 g/mol. The third-order valence-corrected chi connectivity index (χ3v) is 5.41. The Morgan fingerprint density at radius 2 is 2.05 bits per heavy atom. The topological polar surface area (TPSA) is 45.5 Å². The normalized spacial score (nSPS) is 29.7. The zero-order chi connectivity index (χ0) is 14.4. The standard InChI is InChI=1S/C15H20BrN5/c1-20-11-3-2-4-12(20)8-10(7-11)18-14-15-17-5-6-21(15)9-13(16)19-14/h5-6,9-12H,2-4,7-8H2,1H3,(H,18,19). The molecule has 2 saturated heterocycles. The molecule has 2 aromatic heterocycles. The van der Waals surface area contributed by atoms with Crippen LogP contribution < -0.4 is 5.32 Å². The molecular formula is C15H20BrN5. The Morgan fingerprint density at radius 3 is 2.81 bits per heavy atom. The lowest BCUT2D eigenvalue weighted by Crippen LogP contribution is -2.52. The Hall–Kier alpha value is -1.14. The number of imidazole rings is 1. The van der Waals surface area contributed by atoms with Crippen LogP contribution >= 0.6 is 15.9 Å². The minimum absolute atomic E-state index is 0.499. The molecule has 5 nitrogen and oxygen atoms in total. The van der Waals surface area contributed by atoms with E-state index in [2.05, 4.69) is 43.2 Å². The third kappa shape index (κ3) is 2.44. The molecule has 0 aliphatic carbocycles. The molecule has 2 atom stereocenters. The van der Waals surface area contributed by atoms with Gasteiger partial charge in [-0.15, -0.1) is 0 Å². The average Bonchev–Trinajstić information content (AvgIpc) is 2.88. The van der Waals surface area contributed by atoms with Gasteiger partial charge in [0.2, 0.25) is 0 Å². The molecule has 0 radical (unpaired) electrons. The van der Waals surface area contributed by atoms with Gasteiger partial charge in [0.25, 0.3) is 0 Å². The summed E-state index contributed by atoms with van der Waals surface area (Å²) in [7, 11) is 2.29. The number of nitrogens with one attached hydrogen (secondary N) is 1. The van der Waals surface area contributed by atoms with Crippen LogP contribution in [-0.4, -0.2) is 44.4 Å². The summed E-state index contributed by atoms with van der Waals surface area (Å²) in [5, 5.41) is 3.65. The molecule has 112 valence electrons. The Morgan fingerprint density at radius 1 is 1.29 bits per heavy atom. The first-order chi connectivity index (χ1) is 10.2. The van der Waals surface area contributed by atoms with Crippen molar-refractivity contribution < 1.29 is 0 Å². The van der Waals surface area contributed by atoms with Gasteiger partial charge in [0, 0.05) is 36.7 Å². The number of halogens is 1. The van der Waals surface area contributed by atoms with Crippen LogP contribution in [0.2, 0.25) is 0 Å². The van der Waals surface area contributed by atoms with E-state index in [-0.39, 0.29) is 0 Å². The number of piperidine rings is 2. The molecular weight excluding hydrogens is 330 g/mol. The van der Waals surface area contributed by atoms with Gasteiger partial charge in [0.15, 0.2) is 11.5 Å². The van der Waals surface area contributed by atoms with Gasteiger partial charge >= 0.3 is 0 Å². The molecule has 2 bridgehead atoms. The van der Waals surface area contributed by atoms with Gasteiger partial charge in [0.05, 0.1) is 0 Å². The van der Waals surface area contributed by atoms with E-state index in [1.165, 1.54) is 32.1 Å². The number of anilines is 1. The number of aromatic nitrogens is 3. The van der Waals surface area contributed by atoms with Crippen LogP contribution in [0.4, 0.5) is 5.82 Å². The quantitative estimate of drug-likeness (QED) is 0.905. The van der Waals surface area contributed by atoms with Crippen LogP contribution in [-0.2, 0) is 0 Å². The first kappa shape index (κ1) is 13.5. The van der Waals surface area contributed by atoms with Crippen LogP contribution in [0.5, 0.6) is 0 Å². The third-order valence-electron chi connectivity index (χ3n) is 5.03. The maximum absolute atomic E-state index is 4.59. The van der Waals surface area contributed by atoms with E-state index in [1.54, 1.807) is 0 Å². The zero-order valence-electron chi connectivity index (χ0n) is 12.2. The second-order valence-corrected chi connectivity index (χ2v) is 7.10. The molecule has 1 N–H and O–H groups in total. The van der Waals surface area contributed by atoms with Gasteiger partial charge < -0.3 is 14.6 Å². The monoisotopic (exact) mass is 349 g/mol. The molecule has 2 aliphatic heterocycles. The smallest absolute Gasteiger partial charge is 0.180 e. The lowest BCUT2D eigenvalue weighted by Gasteiger charge is -2.47. The molecule has 0 spiro atoms. The predicted octanol–water partition coefficient (Wildman–Crippen LogP) is 2.92. The van der Waals surface area contributed by atoms with Crippen molar-refractivity contribution >= 4 is 27.4 Å². The number of rotatable bonds is 2. The minimum Gasteiger partial charge on any atom is -0.364 e. The second-order valence-electron chi connectivity index (χ2n) is 6.29. The largest absolute Gasteiger partial charge is 0.364 e. The Bertz CT molecular complexity index is 641. The van der Waals surface area contributed by atoms with Gasteiger partial charge in [-0.3, -0.25) is 0 Å². The summed E-state index contributed by atoms with van der Waals surface area (Å²) in [5.41, 5.74) is 0.905. The fourth-order valence-corrected chi connectivity index (χ4v) is 4.32. The highest BCUT2D eigenvalue weighted by molar-refractivity contribution is 9.10. The molecule has 0 aromatic carbocycles. The summed E-state index contributed by atoms with van der Waals surface area (Å²) in [6.07, 6.45) is 12.2.